The summed E-state index contributed by atoms with van der Waals surface area (Å²) >= 11 is 0. The Kier molecular flexibility index (Phi) is 5.64. The highest BCUT2D eigenvalue weighted by Gasteiger charge is 2.08. The van der Waals surface area contributed by atoms with Gasteiger partial charge in [-0.3, -0.25) is 9.78 Å². The first-order chi connectivity index (χ1) is 13.1. The first-order valence-corrected chi connectivity index (χ1v) is 8.10. The number of carbonyl (C=O) groups is 2. The first-order valence-electron chi connectivity index (χ1n) is 8.10. The quantitative estimate of drug-likeness (QED) is 0.327. The van der Waals surface area contributed by atoms with Gasteiger partial charge < -0.3 is 4.74 Å². The van der Waals surface area contributed by atoms with E-state index in [4.69, 9.17) is 4.74 Å². The fourth-order valence-electron chi connectivity index (χ4n) is 2.20. The number of aromatic nitrogens is 2. The molecule has 1 amide bonds. The molecule has 1 heterocycles. The standard InChI is InChI=1S/C20H16N4O3/c1-14-3-2-4-16(11-14)20(26)27-17-7-5-15(6-8-17)12-23-24-19(25)18-13-21-9-10-22-18/h2-13H,1H3,(H,24,25). The maximum Gasteiger partial charge on any atom is 0.343 e. The van der Waals surface area contributed by atoms with Crippen LogP contribution in [0.1, 0.15) is 32.0 Å². The van der Waals surface area contributed by atoms with Gasteiger partial charge in [0.25, 0.3) is 5.91 Å². The van der Waals surface area contributed by atoms with Gasteiger partial charge in [0.15, 0.2) is 0 Å². The van der Waals surface area contributed by atoms with Gasteiger partial charge in [0, 0.05) is 12.4 Å². The zero-order valence-electron chi connectivity index (χ0n) is 14.5. The normalized spacial score (nSPS) is 10.6. The molecule has 2 aromatic carbocycles. The largest absolute Gasteiger partial charge is 0.423 e. The topological polar surface area (TPSA) is 93.5 Å². The molecule has 27 heavy (non-hydrogen) atoms. The van der Waals surface area contributed by atoms with Crippen LogP contribution < -0.4 is 10.2 Å². The van der Waals surface area contributed by atoms with Gasteiger partial charge in [0.1, 0.15) is 11.4 Å². The summed E-state index contributed by atoms with van der Waals surface area (Å²) in [6, 6.07) is 13.9. The van der Waals surface area contributed by atoms with Crippen molar-refractivity contribution in [2.24, 2.45) is 5.10 Å². The Morgan fingerprint density at radius 2 is 1.93 bits per heavy atom. The predicted molar refractivity (Wildman–Crippen MR) is 99.7 cm³/mol. The molecular formula is C20H16N4O3. The molecule has 0 saturated heterocycles. The second-order valence-electron chi connectivity index (χ2n) is 5.62. The van der Waals surface area contributed by atoms with E-state index in [0.29, 0.717) is 11.3 Å². The molecule has 1 N–H and O–H groups in total. The van der Waals surface area contributed by atoms with E-state index >= 15 is 0 Å². The molecule has 7 nitrogen and oxygen atoms in total. The molecule has 0 bridgehead atoms. The van der Waals surface area contributed by atoms with Crippen molar-refractivity contribution in [3.63, 3.8) is 0 Å². The smallest absolute Gasteiger partial charge is 0.343 e. The van der Waals surface area contributed by atoms with Crippen LogP contribution in [0.4, 0.5) is 0 Å². The molecule has 134 valence electrons. The number of aryl methyl sites for hydroxylation is 1. The van der Waals surface area contributed by atoms with Crippen LogP contribution in [-0.2, 0) is 0 Å². The fourth-order valence-corrected chi connectivity index (χ4v) is 2.20. The van der Waals surface area contributed by atoms with E-state index < -0.39 is 11.9 Å². The van der Waals surface area contributed by atoms with Gasteiger partial charge in [0.05, 0.1) is 18.0 Å². The maximum atomic E-state index is 12.1. The third-order valence-electron chi connectivity index (χ3n) is 3.52. The zero-order valence-corrected chi connectivity index (χ0v) is 14.5. The molecule has 3 rings (SSSR count). The Morgan fingerprint density at radius 1 is 1.11 bits per heavy atom. The lowest BCUT2D eigenvalue weighted by Crippen LogP contribution is -2.19. The van der Waals surface area contributed by atoms with Crippen LogP contribution in [0.2, 0.25) is 0 Å². The number of nitrogens with zero attached hydrogens (tertiary/aromatic N) is 3. The number of esters is 1. The van der Waals surface area contributed by atoms with E-state index in [1.54, 1.807) is 42.5 Å². The number of benzene rings is 2. The summed E-state index contributed by atoms with van der Waals surface area (Å²) < 4.78 is 5.34. The Morgan fingerprint density at radius 3 is 2.63 bits per heavy atom. The van der Waals surface area contributed by atoms with Crippen LogP contribution in [0, 0.1) is 6.92 Å². The number of hydrogen-bond donors (Lipinski definition) is 1. The van der Waals surface area contributed by atoms with Crippen LogP contribution in [0.3, 0.4) is 0 Å². The monoisotopic (exact) mass is 360 g/mol. The number of hydrogen-bond acceptors (Lipinski definition) is 6. The molecule has 0 spiro atoms. The molecule has 0 atom stereocenters. The van der Waals surface area contributed by atoms with Crippen molar-refractivity contribution in [1.82, 2.24) is 15.4 Å². The van der Waals surface area contributed by atoms with Crippen molar-refractivity contribution in [2.45, 2.75) is 6.92 Å². The van der Waals surface area contributed by atoms with Gasteiger partial charge in [-0.2, -0.15) is 5.10 Å². The van der Waals surface area contributed by atoms with Gasteiger partial charge >= 0.3 is 5.97 Å². The molecule has 0 aliphatic carbocycles. The summed E-state index contributed by atoms with van der Waals surface area (Å²) in [5, 5.41) is 3.87. The highest BCUT2D eigenvalue weighted by molar-refractivity contribution is 5.93. The van der Waals surface area contributed by atoms with Crippen molar-refractivity contribution >= 4 is 18.1 Å². The third kappa shape index (κ3) is 5.05. The lowest BCUT2D eigenvalue weighted by atomic mass is 10.1. The van der Waals surface area contributed by atoms with Gasteiger partial charge in [-0.25, -0.2) is 15.2 Å². The molecular weight excluding hydrogens is 344 g/mol. The fraction of sp³-hybridized carbons (Fsp3) is 0.0500. The van der Waals surface area contributed by atoms with Crippen molar-refractivity contribution in [2.75, 3.05) is 0 Å². The Hall–Kier alpha value is -3.87. The number of carbonyl (C=O) groups excluding carboxylic acids is 2. The number of amides is 1. The Balaban J connectivity index is 1.57. The average Bonchev–Trinajstić information content (AvgIpc) is 2.70. The highest BCUT2D eigenvalue weighted by Crippen LogP contribution is 2.14. The van der Waals surface area contributed by atoms with E-state index in [9.17, 15) is 9.59 Å². The molecule has 0 aliphatic rings. The zero-order chi connectivity index (χ0) is 19.1. The van der Waals surface area contributed by atoms with Gasteiger partial charge in [0.2, 0.25) is 0 Å². The van der Waals surface area contributed by atoms with E-state index in [2.05, 4.69) is 20.5 Å². The summed E-state index contributed by atoms with van der Waals surface area (Å²) in [5.41, 5.74) is 4.74. The number of ether oxygens (including phenoxy) is 1. The van der Waals surface area contributed by atoms with E-state index in [-0.39, 0.29) is 5.69 Å². The van der Waals surface area contributed by atoms with Crippen LogP contribution in [0.5, 0.6) is 5.75 Å². The predicted octanol–water partition coefficient (Wildman–Crippen LogP) is 2.77. The lowest BCUT2D eigenvalue weighted by molar-refractivity contribution is 0.0734. The lowest BCUT2D eigenvalue weighted by Gasteiger charge is -2.05. The van der Waals surface area contributed by atoms with Crippen LogP contribution in [0.15, 0.2) is 72.2 Å². The number of hydrazone groups is 1. The molecule has 7 heteroatoms. The molecule has 0 aliphatic heterocycles. The third-order valence-corrected chi connectivity index (χ3v) is 3.52. The number of nitrogens with one attached hydrogen (secondary N) is 1. The minimum absolute atomic E-state index is 0.174. The molecule has 0 saturated carbocycles. The molecule has 1 aromatic heterocycles. The van der Waals surface area contributed by atoms with Crippen LogP contribution in [0.25, 0.3) is 0 Å². The summed E-state index contributed by atoms with van der Waals surface area (Å²) in [7, 11) is 0. The average molecular weight is 360 g/mol. The van der Waals surface area contributed by atoms with Crippen molar-refractivity contribution < 1.29 is 14.3 Å². The van der Waals surface area contributed by atoms with Crippen LogP contribution >= 0.6 is 0 Å². The van der Waals surface area contributed by atoms with E-state index in [1.807, 2.05) is 13.0 Å². The summed E-state index contributed by atoms with van der Waals surface area (Å²) in [6.45, 7) is 1.91. The summed E-state index contributed by atoms with van der Waals surface area (Å²) in [6.07, 6.45) is 5.73. The maximum absolute atomic E-state index is 12.1. The van der Waals surface area contributed by atoms with Crippen molar-refractivity contribution in [3.05, 3.63) is 89.5 Å². The first kappa shape index (κ1) is 17.9. The molecule has 3 aromatic rings. The Bertz CT molecular complexity index is 970. The summed E-state index contributed by atoms with van der Waals surface area (Å²) in [4.78, 5) is 31.6. The minimum Gasteiger partial charge on any atom is -0.423 e. The van der Waals surface area contributed by atoms with Gasteiger partial charge in [-0.05, 0) is 48.9 Å². The molecule has 0 radical (unpaired) electrons. The Labute approximate surface area is 155 Å². The van der Waals surface area contributed by atoms with Crippen LogP contribution in [-0.4, -0.2) is 28.1 Å². The SMILES string of the molecule is Cc1cccc(C(=O)Oc2ccc(C=NNC(=O)c3cnccn3)cc2)c1. The summed E-state index contributed by atoms with van der Waals surface area (Å²) in [5.74, 6) is -0.457. The van der Waals surface area contributed by atoms with Crippen molar-refractivity contribution in [3.8, 4) is 5.75 Å². The second kappa shape index (κ2) is 8.48. The number of rotatable bonds is 5. The highest BCUT2D eigenvalue weighted by atomic mass is 16.5. The van der Waals surface area contributed by atoms with Gasteiger partial charge in [-0.15, -0.1) is 0 Å². The van der Waals surface area contributed by atoms with E-state index in [0.717, 1.165) is 11.1 Å². The molecule has 0 unspecified atom stereocenters. The van der Waals surface area contributed by atoms with Crippen molar-refractivity contribution in [1.29, 1.82) is 0 Å². The van der Waals surface area contributed by atoms with Gasteiger partial charge in [-0.1, -0.05) is 17.7 Å². The minimum atomic E-state index is -0.456. The molecule has 0 fully saturated rings. The second-order valence-corrected chi connectivity index (χ2v) is 5.62. The van der Waals surface area contributed by atoms with E-state index in [1.165, 1.54) is 24.8 Å².